The van der Waals surface area contributed by atoms with Crippen molar-refractivity contribution in [3.8, 4) is 0 Å². The van der Waals surface area contributed by atoms with Crippen molar-refractivity contribution >= 4 is 12.0 Å². The van der Waals surface area contributed by atoms with Crippen LogP contribution >= 0.6 is 0 Å². The molecule has 0 bridgehead atoms. The van der Waals surface area contributed by atoms with Gasteiger partial charge in [0.25, 0.3) is 0 Å². The number of nitrogens with one attached hydrogen (secondary N) is 1. The zero-order chi connectivity index (χ0) is 12.9. The van der Waals surface area contributed by atoms with Crippen molar-refractivity contribution in [1.29, 1.82) is 0 Å². The summed E-state index contributed by atoms with van der Waals surface area (Å²) >= 11 is 0. The summed E-state index contributed by atoms with van der Waals surface area (Å²) in [7, 11) is 1.62. The van der Waals surface area contributed by atoms with Gasteiger partial charge in [-0.05, 0) is 5.41 Å². The number of aliphatic carboxylic acids is 1. The van der Waals surface area contributed by atoms with E-state index in [1.807, 2.05) is 20.8 Å². The molecule has 0 aromatic rings. The van der Waals surface area contributed by atoms with E-state index >= 15 is 0 Å². The number of hydrogen-bond donors (Lipinski definition) is 3. The van der Waals surface area contributed by atoms with Crippen molar-refractivity contribution in [2.24, 2.45) is 5.41 Å². The smallest absolute Gasteiger partial charge is 0.334 e. The summed E-state index contributed by atoms with van der Waals surface area (Å²) in [6, 6.07) is -0.393. The van der Waals surface area contributed by atoms with Gasteiger partial charge in [-0.15, -0.1) is 0 Å². The van der Waals surface area contributed by atoms with Gasteiger partial charge in [0.05, 0.1) is 6.54 Å². The van der Waals surface area contributed by atoms with Crippen molar-refractivity contribution in [3.05, 3.63) is 0 Å². The van der Waals surface area contributed by atoms with Crippen LogP contribution in [0, 0.1) is 5.41 Å². The normalized spacial score (nSPS) is 13.1. The summed E-state index contributed by atoms with van der Waals surface area (Å²) in [5.74, 6) is -1.35. The maximum absolute atomic E-state index is 11.5. The number of urea groups is 1. The minimum absolute atomic E-state index is 0.0303. The molecule has 16 heavy (non-hydrogen) atoms. The van der Waals surface area contributed by atoms with Crippen LogP contribution in [0.2, 0.25) is 0 Å². The van der Waals surface area contributed by atoms with Gasteiger partial charge in [0, 0.05) is 13.6 Å². The number of carbonyl (C=O) groups is 2. The van der Waals surface area contributed by atoms with Gasteiger partial charge in [0.2, 0.25) is 0 Å². The van der Waals surface area contributed by atoms with Crippen molar-refractivity contribution < 1.29 is 19.8 Å². The predicted octanol–water partition coefficient (Wildman–Crippen LogP) is 0.119. The Hall–Kier alpha value is -1.30. The number of aliphatic hydroxyl groups is 1. The Morgan fingerprint density at radius 2 is 1.88 bits per heavy atom. The van der Waals surface area contributed by atoms with E-state index in [1.54, 1.807) is 7.05 Å². The Balaban J connectivity index is 4.02. The zero-order valence-corrected chi connectivity index (χ0v) is 10.1. The van der Waals surface area contributed by atoms with Crippen LogP contribution < -0.4 is 5.32 Å². The Morgan fingerprint density at radius 1 is 1.38 bits per heavy atom. The van der Waals surface area contributed by atoms with E-state index in [0.29, 0.717) is 6.54 Å². The quantitative estimate of drug-likeness (QED) is 0.642. The second-order valence-electron chi connectivity index (χ2n) is 4.96. The molecule has 0 aliphatic carbocycles. The van der Waals surface area contributed by atoms with Gasteiger partial charge in [-0.25, -0.2) is 9.59 Å². The van der Waals surface area contributed by atoms with Crippen LogP contribution in [0.15, 0.2) is 0 Å². The van der Waals surface area contributed by atoms with Crippen molar-refractivity contribution in [2.75, 3.05) is 20.1 Å². The third kappa shape index (κ3) is 6.23. The Morgan fingerprint density at radius 3 is 2.25 bits per heavy atom. The molecular formula is C10H20N2O4. The van der Waals surface area contributed by atoms with Gasteiger partial charge in [-0.3, -0.25) is 0 Å². The van der Waals surface area contributed by atoms with Gasteiger partial charge < -0.3 is 20.4 Å². The monoisotopic (exact) mass is 232 g/mol. The van der Waals surface area contributed by atoms with E-state index in [-0.39, 0.29) is 12.0 Å². The maximum atomic E-state index is 11.5. The molecule has 0 saturated carbocycles. The molecule has 0 unspecified atom stereocenters. The van der Waals surface area contributed by atoms with Gasteiger partial charge in [-0.1, -0.05) is 20.8 Å². The highest BCUT2D eigenvalue weighted by molar-refractivity contribution is 5.76. The molecule has 0 aromatic carbocycles. The number of hydrogen-bond acceptors (Lipinski definition) is 3. The molecule has 0 heterocycles. The largest absolute Gasteiger partial charge is 0.479 e. The third-order valence-electron chi connectivity index (χ3n) is 1.79. The van der Waals surface area contributed by atoms with Gasteiger partial charge >= 0.3 is 12.0 Å². The number of amides is 2. The fraction of sp³-hybridized carbons (Fsp3) is 0.800. The number of carbonyl (C=O) groups excluding carboxylic acids is 1. The van der Waals surface area contributed by atoms with Crippen LogP contribution in [0.5, 0.6) is 0 Å². The van der Waals surface area contributed by atoms with Crippen LogP contribution in [-0.4, -0.2) is 53.4 Å². The van der Waals surface area contributed by atoms with Crippen molar-refractivity contribution in [2.45, 2.75) is 26.9 Å². The molecule has 0 aliphatic heterocycles. The van der Waals surface area contributed by atoms with Crippen LogP contribution in [-0.2, 0) is 4.79 Å². The van der Waals surface area contributed by atoms with Crippen LogP contribution in [0.4, 0.5) is 4.79 Å². The average molecular weight is 232 g/mol. The minimum atomic E-state index is -1.56. The van der Waals surface area contributed by atoms with Gasteiger partial charge in [-0.2, -0.15) is 0 Å². The summed E-state index contributed by atoms with van der Waals surface area (Å²) in [5, 5.41) is 19.7. The standard InChI is InChI=1S/C10H20N2O4/c1-10(2,3)6-12(4)9(16)11-5-7(13)8(14)15/h7,13H,5-6H2,1-4H3,(H,11,16)(H,14,15)/t7-/m0/s1. The van der Waals surface area contributed by atoms with Crippen molar-refractivity contribution in [3.63, 3.8) is 0 Å². The molecule has 0 fully saturated rings. The van der Waals surface area contributed by atoms with Crippen LogP contribution in [0.3, 0.4) is 0 Å². The lowest BCUT2D eigenvalue weighted by Gasteiger charge is -2.26. The fourth-order valence-electron chi connectivity index (χ4n) is 1.19. The molecule has 6 heteroatoms. The fourth-order valence-corrected chi connectivity index (χ4v) is 1.19. The summed E-state index contributed by atoms with van der Waals surface area (Å²) in [6.07, 6.45) is -1.56. The topological polar surface area (TPSA) is 89.9 Å². The molecule has 0 aliphatic rings. The predicted molar refractivity (Wildman–Crippen MR) is 59.1 cm³/mol. The Labute approximate surface area is 95.2 Å². The highest BCUT2D eigenvalue weighted by Gasteiger charge is 2.19. The highest BCUT2D eigenvalue weighted by atomic mass is 16.4. The first-order valence-electron chi connectivity index (χ1n) is 5.03. The molecule has 0 saturated heterocycles. The second kappa shape index (κ2) is 5.69. The summed E-state index contributed by atoms with van der Waals surface area (Å²) < 4.78 is 0. The molecule has 94 valence electrons. The lowest BCUT2D eigenvalue weighted by molar-refractivity contribution is -0.146. The van der Waals surface area contributed by atoms with E-state index in [0.717, 1.165) is 0 Å². The van der Waals surface area contributed by atoms with Gasteiger partial charge in [0.1, 0.15) is 0 Å². The first-order chi connectivity index (χ1) is 7.13. The molecule has 3 N–H and O–H groups in total. The SMILES string of the molecule is CN(CC(C)(C)C)C(=O)NC[C@H](O)C(=O)O. The molecule has 2 amide bonds. The average Bonchev–Trinajstić information content (AvgIpc) is 2.10. The third-order valence-corrected chi connectivity index (χ3v) is 1.79. The number of nitrogens with zero attached hydrogens (tertiary/aromatic N) is 1. The Bertz CT molecular complexity index is 260. The van der Waals surface area contributed by atoms with E-state index in [1.165, 1.54) is 4.90 Å². The molecule has 0 radical (unpaired) electrons. The van der Waals surface area contributed by atoms with E-state index in [9.17, 15) is 9.59 Å². The Kier molecular flexibility index (Phi) is 5.23. The number of carboxylic acid groups (broad SMARTS) is 1. The first-order valence-corrected chi connectivity index (χ1v) is 5.03. The second-order valence-corrected chi connectivity index (χ2v) is 4.96. The molecule has 0 aromatic heterocycles. The number of carboxylic acids is 1. The minimum Gasteiger partial charge on any atom is -0.479 e. The van der Waals surface area contributed by atoms with Crippen LogP contribution in [0.25, 0.3) is 0 Å². The van der Waals surface area contributed by atoms with E-state index < -0.39 is 18.1 Å². The molecule has 0 rings (SSSR count). The van der Waals surface area contributed by atoms with E-state index in [4.69, 9.17) is 10.2 Å². The summed E-state index contributed by atoms with van der Waals surface area (Å²) in [4.78, 5) is 23.2. The lowest BCUT2D eigenvalue weighted by atomic mass is 9.96. The highest BCUT2D eigenvalue weighted by Crippen LogP contribution is 2.13. The van der Waals surface area contributed by atoms with Crippen LogP contribution in [0.1, 0.15) is 20.8 Å². The first kappa shape index (κ1) is 14.7. The number of aliphatic hydroxyl groups excluding tert-OH is 1. The molecule has 6 nitrogen and oxygen atoms in total. The van der Waals surface area contributed by atoms with E-state index in [2.05, 4.69) is 5.32 Å². The molecule has 0 spiro atoms. The summed E-state index contributed by atoms with van der Waals surface area (Å²) in [6.45, 7) is 6.22. The number of rotatable bonds is 4. The summed E-state index contributed by atoms with van der Waals surface area (Å²) in [5.41, 5.74) is -0.0303. The molecule has 1 atom stereocenters. The van der Waals surface area contributed by atoms with Crippen molar-refractivity contribution in [1.82, 2.24) is 10.2 Å². The molecular weight excluding hydrogens is 212 g/mol. The lowest BCUT2D eigenvalue weighted by Crippen LogP contribution is -2.45. The maximum Gasteiger partial charge on any atom is 0.334 e. The van der Waals surface area contributed by atoms with Gasteiger partial charge in [0.15, 0.2) is 6.10 Å². The zero-order valence-electron chi connectivity index (χ0n) is 10.1.